The monoisotopic (exact) mass is 528 g/mol. The first-order valence-corrected chi connectivity index (χ1v) is 10.7. The highest BCUT2D eigenvalue weighted by Crippen LogP contribution is 2.38. The number of nitriles is 1. The molecule has 0 aliphatic rings. The molecule has 11 heteroatoms. The number of hydrogen-bond acceptors (Lipinski definition) is 5. The maximum Gasteiger partial charge on any atom is 0.417 e. The number of ether oxygens (including phenoxy) is 2. The normalized spacial score (nSPS) is 13.0. The molecule has 5 nitrogen and oxygen atoms in total. The fraction of sp³-hybridized carbons (Fsp3) is 0.174. The number of Topliss-reactive ketones (excluding diaryl/α,β-unsaturated/α-hetero) is 1. The summed E-state index contributed by atoms with van der Waals surface area (Å²) >= 11 is 18.0. The Morgan fingerprint density at radius 1 is 1.03 bits per heavy atom. The van der Waals surface area contributed by atoms with E-state index in [0.29, 0.717) is 17.3 Å². The van der Waals surface area contributed by atoms with Crippen molar-refractivity contribution in [2.75, 3.05) is 0 Å². The first-order chi connectivity index (χ1) is 16.0. The van der Waals surface area contributed by atoms with Crippen LogP contribution in [-0.4, -0.2) is 10.8 Å². The van der Waals surface area contributed by atoms with Crippen LogP contribution in [0.1, 0.15) is 24.5 Å². The van der Waals surface area contributed by atoms with E-state index in [2.05, 4.69) is 4.98 Å². The molecule has 0 saturated carbocycles. The second-order valence-corrected chi connectivity index (χ2v) is 8.13. The lowest BCUT2D eigenvalue weighted by Gasteiger charge is -2.27. The third kappa shape index (κ3) is 5.39. The van der Waals surface area contributed by atoms with Crippen molar-refractivity contribution >= 4 is 40.6 Å². The molecule has 3 rings (SSSR count). The highest BCUT2D eigenvalue weighted by Gasteiger charge is 2.44. The Balaban J connectivity index is 1.88. The molecule has 0 fully saturated rings. The van der Waals surface area contributed by atoms with Gasteiger partial charge in [0.1, 0.15) is 22.6 Å². The van der Waals surface area contributed by atoms with E-state index in [1.165, 1.54) is 42.5 Å². The number of hydrogen-bond donors (Lipinski definition) is 0. The van der Waals surface area contributed by atoms with E-state index in [4.69, 9.17) is 44.3 Å². The lowest BCUT2D eigenvalue weighted by molar-refractivity contribution is -0.137. The van der Waals surface area contributed by atoms with Crippen LogP contribution in [0.4, 0.5) is 13.2 Å². The van der Waals surface area contributed by atoms with E-state index >= 15 is 0 Å². The standard InChI is InChI=1S/C23H14Cl3F3N2O3/c1-2-20(32)22(12-30,17-8-3-14(24)10-18(17)25)34-16-6-4-15(5-7-16)33-21-19(26)9-13(11-31-21)23(27,28)29/h3-11H,2H2,1H3. The summed E-state index contributed by atoms with van der Waals surface area (Å²) in [4.78, 5) is 16.4. The van der Waals surface area contributed by atoms with Crippen molar-refractivity contribution in [2.24, 2.45) is 0 Å². The minimum atomic E-state index is -4.59. The van der Waals surface area contributed by atoms with Gasteiger partial charge in [0.15, 0.2) is 5.78 Å². The fourth-order valence-corrected chi connectivity index (χ4v) is 3.70. The van der Waals surface area contributed by atoms with Crippen LogP contribution < -0.4 is 9.47 Å². The molecule has 0 spiro atoms. The zero-order valence-corrected chi connectivity index (χ0v) is 19.6. The first-order valence-electron chi connectivity index (χ1n) is 9.60. The summed E-state index contributed by atoms with van der Waals surface area (Å²) < 4.78 is 49.6. The summed E-state index contributed by atoms with van der Waals surface area (Å²) in [5, 5.41) is 10.0. The molecule has 0 aliphatic heterocycles. The van der Waals surface area contributed by atoms with Crippen molar-refractivity contribution in [3.8, 4) is 23.4 Å². The molecule has 0 saturated heterocycles. The lowest BCUT2D eigenvalue weighted by atomic mass is 9.89. The van der Waals surface area contributed by atoms with Crippen molar-refractivity contribution in [2.45, 2.75) is 25.1 Å². The fourth-order valence-electron chi connectivity index (χ4n) is 2.95. The maximum atomic E-state index is 12.8. The molecule has 34 heavy (non-hydrogen) atoms. The van der Waals surface area contributed by atoms with Gasteiger partial charge in [0.25, 0.3) is 5.60 Å². The van der Waals surface area contributed by atoms with Gasteiger partial charge < -0.3 is 9.47 Å². The summed E-state index contributed by atoms with van der Waals surface area (Å²) in [6.45, 7) is 1.58. The SMILES string of the molecule is CCC(=O)C(C#N)(Oc1ccc(Oc2ncc(C(F)(F)F)cc2Cl)cc1)c1ccc(Cl)cc1Cl. The van der Waals surface area contributed by atoms with Gasteiger partial charge in [-0.2, -0.15) is 18.4 Å². The van der Waals surface area contributed by atoms with Crippen LogP contribution in [0.2, 0.25) is 15.1 Å². The highest BCUT2D eigenvalue weighted by atomic mass is 35.5. The number of alkyl halides is 3. The summed E-state index contributed by atoms with van der Waals surface area (Å²) in [7, 11) is 0. The number of ketones is 1. The molecular formula is C23H14Cl3F3N2O3. The van der Waals surface area contributed by atoms with Gasteiger partial charge in [-0.25, -0.2) is 4.98 Å². The van der Waals surface area contributed by atoms with Gasteiger partial charge in [0.05, 0.1) is 10.6 Å². The summed E-state index contributed by atoms with van der Waals surface area (Å²) in [6.07, 6.45) is -4.00. The van der Waals surface area contributed by atoms with Gasteiger partial charge in [0.2, 0.25) is 5.88 Å². The quantitative estimate of drug-likeness (QED) is 0.315. The molecule has 2 aromatic carbocycles. The van der Waals surface area contributed by atoms with Gasteiger partial charge in [-0.1, -0.05) is 47.8 Å². The van der Waals surface area contributed by atoms with Crippen molar-refractivity contribution in [3.05, 3.63) is 80.9 Å². The van der Waals surface area contributed by atoms with Crippen molar-refractivity contribution in [1.82, 2.24) is 4.98 Å². The predicted octanol–water partition coefficient (Wildman–Crippen LogP) is 7.63. The Morgan fingerprint density at radius 2 is 1.68 bits per heavy atom. The van der Waals surface area contributed by atoms with Gasteiger partial charge in [-0.05, 0) is 42.5 Å². The van der Waals surface area contributed by atoms with E-state index in [9.17, 15) is 23.2 Å². The Hall–Kier alpha value is -2.99. The first kappa shape index (κ1) is 25.6. The van der Waals surface area contributed by atoms with E-state index < -0.39 is 23.1 Å². The second kappa shape index (κ2) is 10.1. The average Bonchev–Trinajstić information content (AvgIpc) is 2.79. The molecule has 0 radical (unpaired) electrons. The van der Waals surface area contributed by atoms with Crippen molar-refractivity contribution in [1.29, 1.82) is 5.26 Å². The molecule has 0 amide bonds. The van der Waals surface area contributed by atoms with Crippen LogP contribution in [0.3, 0.4) is 0 Å². The number of pyridine rings is 1. The number of carbonyl (C=O) groups excluding carboxylic acids is 1. The average molecular weight is 530 g/mol. The summed E-state index contributed by atoms with van der Waals surface area (Å²) in [5.74, 6) is -0.451. The van der Waals surface area contributed by atoms with Gasteiger partial charge in [-0.3, -0.25) is 4.79 Å². The van der Waals surface area contributed by atoms with Gasteiger partial charge >= 0.3 is 6.18 Å². The van der Waals surface area contributed by atoms with Crippen LogP contribution in [0.25, 0.3) is 0 Å². The molecule has 176 valence electrons. The molecule has 3 aromatic rings. The number of halogens is 6. The minimum absolute atomic E-state index is 0.00814. The zero-order valence-electron chi connectivity index (χ0n) is 17.3. The Morgan fingerprint density at radius 3 is 2.21 bits per heavy atom. The Kier molecular flexibility index (Phi) is 7.61. The third-order valence-electron chi connectivity index (χ3n) is 4.63. The molecule has 0 bridgehead atoms. The van der Waals surface area contributed by atoms with E-state index in [1.807, 2.05) is 6.07 Å². The smallest absolute Gasteiger partial charge is 0.417 e. The van der Waals surface area contributed by atoms with E-state index in [1.54, 1.807) is 6.92 Å². The Labute approximate surface area is 207 Å². The topological polar surface area (TPSA) is 72.2 Å². The van der Waals surface area contributed by atoms with Crippen LogP contribution >= 0.6 is 34.8 Å². The molecule has 1 atom stereocenters. The molecule has 0 aliphatic carbocycles. The number of aromatic nitrogens is 1. The van der Waals surface area contributed by atoms with E-state index in [-0.39, 0.29) is 39.4 Å². The largest absolute Gasteiger partial charge is 0.461 e. The van der Waals surface area contributed by atoms with Gasteiger partial charge in [-0.15, -0.1) is 0 Å². The molecule has 1 heterocycles. The van der Waals surface area contributed by atoms with Crippen LogP contribution in [0.5, 0.6) is 17.4 Å². The van der Waals surface area contributed by atoms with Crippen molar-refractivity contribution < 1.29 is 27.4 Å². The summed E-state index contributed by atoms with van der Waals surface area (Å²) in [6, 6.07) is 12.6. The summed E-state index contributed by atoms with van der Waals surface area (Å²) in [5.41, 5.74) is -2.91. The van der Waals surface area contributed by atoms with E-state index in [0.717, 1.165) is 0 Å². The number of nitrogens with zero attached hydrogens (tertiary/aromatic N) is 2. The number of rotatable bonds is 7. The third-order valence-corrected chi connectivity index (χ3v) is 5.44. The maximum absolute atomic E-state index is 12.8. The number of carbonyl (C=O) groups is 1. The zero-order chi connectivity index (χ0) is 25.1. The lowest BCUT2D eigenvalue weighted by Crippen LogP contribution is -2.40. The van der Waals surface area contributed by atoms with Crippen molar-refractivity contribution in [3.63, 3.8) is 0 Å². The predicted molar refractivity (Wildman–Crippen MR) is 120 cm³/mol. The molecule has 1 unspecified atom stereocenters. The van der Waals surface area contributed by atoms with Crippen LogP contribution in [-0.2, 0) is 16.6 Å². The second-order valence-electron chi connectivity index (χ2n) is 6.88. The highest BCUT2D eigenvalue weighted by molar-refractivity contribution is 6.35. The van der Waals surface area contributed by atoms with Crippen LogP contribution in [0.15, 0.2) is 54.7 Å². The Bertz CT molecular complexity index is 1260. The molecule has 1 aromatic heterocycles. The minimum Gasteiger partial charge on any atom is -0.461 e. The van der Waals surface area contributed by atoms with Crippen LogP contribution in [0, 0.1) is 11.3 Å². The molecule has 0 N–H and O–H groups in total. The molecular weight excluding hydrogens is 516 g/mol. The van der Waals surface area contributed by atoms with Gasteiger partial charge in [0, 0.05) is 23.2 Å². The number of benzene rings is 2.